The van der Waals surface area contributed by atoms with Gasteiger partial charge < -0.3 is 5.32 Å². The summed E-state index contributed by atoms with van der Waals surface area (Å²) < 4.78 is 25.1. The summed E-state index contributed by atoms with van der Waals surface area (Å²) in [5.74, 6) is 0.155. The molecule has 0 bridgehead atoms. The molecule has 0 aliphatic carbocycles. The van der Waals surface area contributed by atoms with Gasteiger partial charge in [0.05, 0.1) is 5.75 Å². The fourth-order valence-corrected chi connectivity index (χ4v) is 2.42. The number of hydrogen-bond acceptors (Lipinski definition) is 3. The van der Waals surface area contributed by atoms with Crippen molar-refractivity contribution in [3.63, 3.8) is 0 Å². The predicted octanol–water partition coefficient (Wildman–Crippen LogP) is -0.322. The van der Waals surface area contributed by atoms with Crippen molar-refractivity contribution in [1.29, 1.82) is 0 Å². The molecule has 5 heteroatoms. The van der Waals surface area contributed by atoms with Crippen molar-refractivity contribution in [2.24, 2.45) is 0 Å². The molecule has 0 aromatic carbocycles. The molecule has 1 unspecified atom stereocenters. The van der Waals surface area contributed by atoms with E-state index < -0.39 is 10.0 Å². The second-order valence-corrected chi connectivity index (χ2v) is 5.50. The maximum atomic E-state index is 11.2. The minimum absolute atomic E-state index is 0.155. The largest absolute Gasteiger partial charge is 0.315 e. The average molecular weight is 192 g/mol. The van der Waals surface area contributed by atoms with Crippen LogP contribution >= 0.6 is 0 Å². The fourth-order valence-electron chi connectivity index (χ4n) is 1.35. The normalized spacial score (nSPS) is 30.8. The van der Waals surface area contributed by atoms with Crippen LogP contribution in [0.15, 0.2) is 0 Å². The highest BCUT2D eigenvalue weighted by atomic mass is 32.2. The zero-order chi connectivity index (χ0) is 9.24. The molecule has 4 nitrogen and oxygen atoms in total. The van der Waals surface area contributed by atoms with Crippen molar-refractivity contribution < 1.29 is 8.42 Å². The van der Waals surface area contributed by atoms with Gasteiger partial charge in [-0.05, 0) is 26.8 Å². The van der Waals surface area contributed by atoms with Crippen LogP contribution in [0.2, 0.25) is 0 Å². The summed E-state index contributed by atoms with van der Waals surface area (Å²) in [5, 5.41) is 3.13. The third-order valence-corrected chi connectivity index (χ3v) is 3.71. The third-order valence-electron chi connectivity index (χ3n) is 2.15. The summed E-state index contributed by atoms with van der Waals surface area (Å²) in [6.07, 6.45) is 0.867. The minimum atomic E-state index is -3.05. The van der Waals surface area contributed by atoms with Gasteiger partial charge in [0.25, 0.3) is 0 Å². The molecule has 0 aromatic heterocycles. The van der Waals surface area contributed by atoms with Gasteiger partial charge in [-0.25, -0.2) is 13.1 Å². The lowest BCUT2D eigenvalue weighted by Gasteiger charge is -2.23. The van der Waals surface area contributed by atoms with Gasteiger partial charge in [-0.15, -0.1) is 0 Å². The van der Waals surface area contributed by atoms with E-state index in [2.05, 4.69) is 10.0 Å². The smallest absolute Gasteiger partial charge is 0.211 e. The first-order valence-corrected chi connectivity index (χ1v) is 5.85. The lowest BCUT2D eigenvalue weighted by molar-refractivity contribution is 0.452. The van der Waals surface area contributed by atoms with Crippen LogP contribution in [-0.4, -0.2) is 32.8 Å². The molecule has 1 saturated heterocycles. The number of sulfonamides is 1. The van der Waals surface area contributed by atoms with E-state index in [1.54, 1.807) is 6.92 Å². The average Bonchev–Trinajstić information content (AvgIpc) is 2.35. The van der Waals surface area contributed by atoms with Crippen LogP contribution in [0.3, 0.4) is 0 Å². The zero-order valence-electron chi connectivity index (χ0n) is 7.55. The Balaban J connectivity index is 2.61. The molecular formula is C7H16N2O2S. The van der Waals surface area contributed by atoms with Gasteiger partial charge in [0.2, 0.25) is 10.0 Å². The molecule has 2 N–H and O–H groups in total. The van der Waals surface area contributed by atoms with Gasteiger partial charge >= 0.3 is 0 Å². The lowest BCUT2D eigenvalue weighted by atomic mass is 10.0. The second-order valence-electron chi connectivity index (χ2n) is 3.49. The summed E-state index contributed by atoms with van der Waals surface area (Å²) in [5.41, 5.74) is -0.269. The van der Waals surface area contributed by atoms with E-state index in [1.807, 2.05) is 6.92 Å². The van der Waals surface area contributed by atoms with Crippen LogP contribution in [0.4, 0.5) is 0 Å². The first-order valence-electron chi connectivity index (χ1n) is 4.20. The molecule has 1 rings (SSSR count). The topological polar surface area (TPSA) is 58.2 Å². The summed E-state index contributed by atoms with van der Waals surface area (Å²) >= 11 is 0. The van der Waals surface area contributed by atoms with E-state index in [9.17, 15) is 8.42 Å². The highest BCUT2D eigenvalue weighted by molar-refractivity contribution is 7.89. The lowest BCUT2D eigenvalue weighted by Crippen LogP contribution is -2.47. The van der Waals surface area contributed by atoms with E-state index in [1.165, 1.54) is 0 Å². The summed E-state index contributed by atoms with van der Waals surface area (Å²) in [6.45, 7) is 5.20. The van der Waals surface area contributed by atoms with E-state index in [0.717, 1.165) is 19.5 Å². The summed E-state index contributed by atoms with van der Waals surface area (Å²) in [6, 6.07) is 0. The van der Waals surface area contributed by atoms with Gasteiger partial charge in [-0.2, -0.15) is 0 Å². The van der Waals surface area contributed by atoms with Crippen molar-refractivity contribution in [2.75, 3.05) is 18.8 Å². The first kappa shape index (κ1) is 9.95. The van der Waals surface area contributed by atoms with Gasteiger partial charge in [0, 0.05) is 12.1 Å². The number of rotatable bonds is 3. The Morgan fingerprint density at radius 2 is 2.25 bits per heavy atom. The Kier molecular flexibility index (Phi) is 2.75. The molecule has 72 valence electrons. The molecular weight excluding hydrogens is 176 g/mol. The van der Waals surface area contributed by atoms with Crippen LogP contribution in [0, 0.1) is 0 Å². The van der Waals surface area contributed by atoms with Crippen molar-refractivity contribution in [1.82, 2.24) is 10.0 Å². The summed E-state index contributed by atoms with van der Waals surface area (Å²) in [4.78, 5) is 0. The SMILES string of the molecule is CCS(=O)(=O)NC1(C)CCNC1. The molecule has 1 fully saturated rings. The van der Waals surface area contributed by atoms with Crippen LogP contribution < -0.4 is 10.0 Å². The third kappa shape index (κ3) is 2.43. The maximum Gasteiger partial charge on any atom is 0.211 e. The highest BCUT2D eigenvalue weighted by Gasteiger charge is 2.31. The van der Waals surface area contributed by atoms with Crippen LogP contribution in [0.25, 0.3) is 0 Å². The quantitative estimate of drug-likeness (QED) is 0.644. The van der Waals surface area contributed by atoms with Gasteiger partial charge in [-0.3, -0.25) is 0 Å². The van der Waals surface area contributed by atoms with E-state index in [4.69, 9.17) is 0 Å². The van der Waals surface area contributed by atoms with Gasteiger partial charge in [0.15, 0.2) is 0 Å². The van der Waals surface area contributed by atoms with Crippen LogP contribution in [0.5, 0.6) is 0 Å². The second kappa shape index (κ2) is 3.32. The van der Waals surface area contributed by atoms with E-state index >= 15 is 0 Å². The van der Waals surface area contributed by atoms with Crippen molar-refractivity contribution in [3.8, 4) is 0 Å². The Morgan fingerprint density at radius 1 is 1.58 bits per heavy atom. The first-order chi connectivity index (χ1) is 5.47. The number of nitrogens with one attached hydrogen (secondary N) is 2. The Labute approximate surface area is 73.8 Å². The van der Waals surface area contributed by atoms with Crippen molar-refractivity contribution in [2.45, 2.75) is 25.8 Å². The van der Waals surface area contributed by atoms with Crippen molar-refractivity contribution >= 4 is 10.0 Å². The molecule has 1 aliphatic rings. The monoisotopic (exact) mass is 192 g/mol. The molecule has 0 radical (unpaired) electrons. The van der Waals surface area contributed by atoms with Crippen molar-refractivity contribution in [3.05, 3.63) is 0 Å². The maximum absolute atomic E-state index is 11.2. The zero-order valence-corrected chi connectivity index (χ0v) is 8.37. The molecule has 1 aliphatic heterocycles. The Morgan fingerprint density at radius 3 is 2.67 bits per heavy atom. The Hall–Kier alpha value is -0.130. The van der Waals surface area contributed by atoms with Gasteiger partial charge in [0.1, 0.15) is 0 Å². The molecule has 0 amide bonds. The van der Waals surface area contributed by atoms with Gasteiger partial charge in [-0.1, -0.05) is 0 Å². The number of hydrogen-bond donors (Lipinski definition) is 2. The van der Waals surface area contributed by atoms with Crippen LogP contribution in [-0.2, 0) is 10.0 Å². The highest BCUT2D eigenvalue weighted by Crippen LogP contribution is 2.14. The Bertz CT molecular complexity index is 242. The standard InChI is InChI=1S/C7H16N2O2S/c1-3-12(10,11)9-7(2)4-5-8-6-7/h8-9H,3-6H2,1-2H3. The fraction of sp³-hybridized carbons (Fsp3) is 1.00. The van der Waals surface area contributed by atoms with Crippen LogP contribution in [0.1, 0.15) is 20.3 Å². The minimum Gasteiger partial charge on any atom is -0.315 e. The van der Waals surface area contributed by atoms with E-state index in [0.29, 0.717) is 0 Å². The predicted molar refractivity (Wildman–Crippen MR) is 48.5 cm³/mol. The molecule has 0 spiro atoms. The molecule has 1 atom stereocenters. The molecule has 1 heterocycles. The molecule has 0 aromatic rings. The molecule has 0 saturated carbocycles. The summed E-state index contributed by atoms with van der Waals surface area (Å²) in [7, 11) is -3.05. The van der Waals surface area contributed by atoms with E-state index in [-0.39, 0.29) is 11.3 Å². The molecule has 12 heavy (non-hydrogen) atoms.